The summed E-state index contributed by atoms with van der Waals surface area (Å²) in [7, 11) is 0. The zero-order chi connectivity index (χ0) is 8.69. The molecule has 0 radical (unpaired) electrons. The smallest absolute Gasteiger partial charge is 0.0318 e. The van der Waals surface area contributed by atoms with E-state index in [2.05, 4.69) is 33.8 Å². The van der Waals surface area contributed by atoms with E-state index in [9.17, 15) is 0 Å². The lowest BCUT2D eigenvalue weighted by Gasteiger charge is -2.06. The molecule has 0 rings (SSSR count). The summed E-state index contributed by atoms with van der Waals surface area (Å²) in [6, 6.07) is 0. The van der Waals surface area contributed by atoms with Gasteiger partial charge in [-0.15, -0.1) is 0 Å². The van der Waals surface area contributed by atoms with Crippen LogP contribution in [-0.4, -0.2) is 0 Å². The Morgan fingerprint density at radius 2 is 1.91 bits per heavy atom. The van der Waals surface area contributed by atoms with E-state index in [1.54, 1.807) is 5.57 Å². The maximum atomic E-state index is 2.38. The van der Waals surface area contributed by atoms with Crippen LogP contribution in [0.1, 0.15) is 53.4 Å². The number of rotatable bonds is 5. The Morgan fingerprint density at radius 1 is 1.27 bits per heavy atom. The van der Waals surface area contributed by atoms with Crippen molar-refractivity contribution >= 4 is 0 Å². The minimum atomic E-state index is 0.849. The van der Waals surface area contributed by atoms with Crippen LogP contribution >= 0.6 is 0 Å². The highest BCUT2D eigenvalue weighted by atomic mass is 14.0. The third-order valence-corrected chi connectivity index (χ3v) is 1.99. The Kier molecular flexibility index (Phi) is 6.30. The van der Waals surface area contributed by atoms with Gasteiger partial charge in [-0.3, -0.25) is 0 Å². The van der Waals surface area contributed by atoms with Crippen LogP contribution in [-0.2, 0) is 0 Å². The van der Waals surface area contributed by atoms with Crippen molar-refractivity contribution in [2.45, 2.75) is 53.4 Å². The lowest BCUT2D eigenvalue weighted by molar-refractivity contribution is 0.578. The largest absolute Gasteiger partial charge is 0.0856 e. The SMILES string of the molecule is CC/C=C(/CC)CCC(C)C. The molecule has 11 heavy (non-hydrogen) atoms. The van der Waals surface area contributed by atoms with Crippen LogP contribution in [0.3, 0.4) is 0 Å². The van der Waals surface area contributed by atoms with Gasteiger partial charge >= 0.3 is 0 Å². The molecule has 0 aromatic rings. The van der Waals surface area contributed by atoms with Crippen LogP contribution in [0.15, 0.2) is 11.6 Å². The molecule has 0 heterocycles. The van der Waals surface area contributed by atoms with Crippen LogP contribution < -0.4 is 0 Å². The molecule has 0 fully saturated rings. The van der Waals surface area contributed by atoms with Gasteiger partial charge < -0.3 is 0 Å². The first kappa shape index (κ1) is 10.7. The van der Waals surface area contributed by atoms with Crippen LogP contribution in [0.2, 0.25) is 0 Å². The van der Waals surface area contributed by atoms with E-state index in [1.165, 1.54) is 25.7 Å². The molecule has 0 bridgehead atoms. The fraction of sp³-hybridized carbons (Fsp3) is 0.818. The lowest BCUT2D eigenvalue weighted by atomic mass is 10.0. The predicted molar refractivity (Wildman–Crippen MR) is 52.7 cm³/mol. The van der Waals surface area contributed by atoms with Crippen molar-refractivity contribution in [3.05, 3.63) is 11.6 Å². The summed E-state index contributed by atoms with van der Waals surface area (Å²) >= 11 is 0. The summed E-state index contributed by atoms with van der Waals surface area (Å²) in [4.78, 5) is 0. The molecule has 0 aliphatic rings. The molecule has 0 amide bonds. The second-order valence-electron chi connectivity index (χ2n) is 3.56. The summed E-state index contributed by atoms with van der Waals surface area (Å²) in [6.07, 6.45) is 7.46. The van der Waals surface area contributed by atoms with Crippen LogP contribution in [0.5, 0.6) is 0 Å². The van der Waals surface area contributed by atoms with Gasteiger partial charge in [-0.1, -0.05) is 39.3 Å². The highest BCUT2D eigenvalue weighted by Crippen LogP contribution is 2.14. The average molecular weight is 154 g/mol. The quantitative estimate of drug-likeness (QED) is 0.521. The Balaban J connectivity index is 3.61. The number of hydrogen-bond donors (Lipinski definition) is 0. The van der Waals surface area contributed by atoms with E-state index < -0.39 is 0 Å². The van der Waals surface area contributed by atoms with Gasteiger partial charge in [-0.25, -0.2) is 0 Å². The maximum absolute atomic E-state index is 2.38. The molecule has 0 N–H and O–H groups in total. The van der Waals surface area contributed by atoms with Gasteiger partial charge in [-0.05, 0) is 31.6 Å². The van der Waals surface area contributed by atoms with Gasteiger partial charge in [0.2, 0.25) is 0 Å². The van der Waals surface area contributed by atoms with E-state index in [0.29, 0.717) is 0 Å². The standard InChI is InChI=1S/C11H22/c1-5-7-11(6-2)9-8-10(3)4/h7,10H,5-6,8-9H2,1-4H3/b11-7-. The highest BCUT2D eigenvalue weighted by molar-refractivity contribution is 5.00. The molecule has 66 valence electrons. The highest BCUT2D eigenvalue weighted by Gasteiger charge is 1.96. The molecule has 0 aliphatic heterocycles. The van der Waals surface area contributed by atoms with Gasteiger partial charge in [0.25, 0.3) is 0 Å². The fourth-order valence-corrected chi connectivity index (χ4v) is 1.19. The molecule has 0 saturated heterocycles. The van der Waals surface area contributed by atoms with E-state index >= 15 is 0 Å². The molecule has 0 saturated carbocycles. The third kappa shape index (κ3) is 6.15. The van der Waals surface area contributed by atoms with Crippen molar-refractivity contribution in [1.82, 2.24) is 0 Å². The second-order valence-corrected chi connectivity index (χ2v) is 3.56. The zero-order valence-electron chi connectivity index (χ0n) is 8.48. The van der Waals surface area contributed by atoms with E-state index in [1.807, 2.05) is 0 Å². The van der Waals surface area contributed by atoms with Gasteiger partial charge in [0.15, 0.2) is 0 Å². The molecule has 0 aromatic heterocycles. The van der Waals surface area contributed by atoms with Crippen molar-refractivity contribution in [3.8, 4) is 0 Å². The average Bonchev–Trinajstić information content (AvgIpc) is 1.97. The molecule has 0 atom stereocenters. The predicted octanol–water partition coefficient (Wildman–Crippen LogP) is 4.17. The van der Waals surface area contributed by atoms with Crippen molar-refractivity contribution in [2.24, 2.45) is 5.92 Å². The summed E-state index contributed by atoms with van der Waals surface area (Å²) in [5.41, 5.74) is 1.64. The monoisotopic (exact) mass is 154 g/mol. The summed E-state index contributed by atoms with van der Waals surface area (Å²) in [5.74, 6) is 0.849. The number of hydrogen-bond acceptors (Lipinski definition) is 0. The van der Waals surface area contributed by atoms with Gasteiger partial charge in [0.1, 0.15) is 0 Å². The second kappa shape index (κ2) is 6.45. The number of allylic oxidation sites excluding steroid dienone is 2. The molecule has 0 nitrogen and oxygen atoms in total. The fourth-order valence-electron chi connectivity index (χ4n) is 1.19. The van der Waals surface area contributed by atoms with Crippen molar-refractivity contribution in [3.63, 3.8) is 0 Å². The Labute approximate surface area is 71.7 Å². The first-order valence-electron chi connectivity index (χ1n) is 4.88. The minimum absolute atomic E-state index is 0.849. The Hall–Kier alpha value is -0.260. The normalized spacial score (nSPS) is 12.6. The Bertz CT molecular complexity index is 109. The summed E-state index contributed by atoms with van der Waals surface area (Å²) < 4.78 is 0. The molecular formula is C11H22. The topological polar surface area (TPSA) is 0 Å². The van der Waals surface area contributed by atoms with Gasteiger partial charge in [-0.2, -0.15) is 0 Å². The van der Waals surface area contributed by atoms with Gasteiger partial charge in [0.05, 0.1) is 0 Å². The molecule has 0 heteroatoms. The van der Waals surface area contributed by atoms with Crippen LogP contribution in [0.4, 0.5) is 0 Å². The summed E-state index contributed by atoms with van der Waals surface area (Å²) in [6.45, 7) is 9.05. The summed E-state index contributed by atoms with van der Waals surface area (Å²) in [5, 5.41) is 0. The molecule has 0 aromatic carbocycles. The molecular weight excluding hydrogens is 132 g/mol. The first-order valence-corrected chi connectivity index (χ1v) is 4.88. The van der Waals surface area contributed by atoms with Gasteiger partial charge in [0, 0.05) is 0 Å². The third-order valence-electron chi connectivity index (χ3n) is 1.99. The van der Waals surface area contributed by atoms with Crippen molar-refractivity contribution in [2.75, 3.05) is 0 Å². The van der Waals surface area contributed by atoms with Crippen molar-refractivity contribution < 1.29 is 0 Å². The van der Waals surface area contributed by atoms with Crippen molar-refractivity contribution in [1.29, 1.82) is 0 Å². The molecule has 0 aliphatic carbocycles. The molecule has 0 unspecified atom stereocenters. The Morgan fingerprint density at radius 3 is 2.27 bits per heavy atom. The van der Waals surface area contributed by atoms with E-state index in [4.69, 9.17) is 0 Å². The maximum Gasteiger partial charge on any atom is -0.0318 e. The van der Waals surface area contributed by atoms with E-state index in [-0.39, 0.29) is 0 Å². The van der Waals surface area contributed by atoms with Crippen LogP contribution in [0, 0.1) is 5.92 Å². The van der Waals surface area contributed by atoms with E-state index in [0.717, 1.165) is 5.92 Å². The zero-order valence-corrected chi connectivity index (χ0v) is 8.48. The first-order chi connectivity index (χ1) is 5.20. The van der Waals surface area contributed by atoms with Crippen LogP contribution in [0.25, 0.3) is 0 Å². The minimum Gasteiger partial charge on any atom is -0.0856 e. The lowest BCUT2D eigenvalue weighted by Crippen LogP contribution is -1.89. The molecule has 0 spiro atoms.